The molecule has 0 saturated carbocycles. The number of aromatic amines is 1. The van der Waals surface area contributed by atoms with E-state index in [-0.39, 0.29) is 18.1 Å². The molecule has 0 radical (unpaired) electrons. The Labute approximate surface area is 110 Å². The Morgan fingerprint density at radius 2 is 2.26 bits per heavy atom. The van der Waals surface area contributed by atoms with Crippen molar-refractivity contribution in [2.75, 3.05) is 0 Å². The Kier molecular flexibility index (Phi) is 3.64. The molecule has 0 bridgehead atoms. The Balaban J connectivity index is 2.18. The van der Waals surface area contributed by atoms with Crippen LogP contribution in [-0.4, -0.2) is 33.4 Å². The minimum absolute atomic E-state index is 0.000900. The summed E-state index contributed by atoms with van der Waals surface area (Å²) in [5.74, 6) is 0.382. The van der Waals surface area contributed by atoms with Gasteiger partial charge in [-0.15, -0.1) is 0 Å². The lowest BCUT2D eigenvalue weighted by Crippen LogP contribution is -2.25. The number of hydrogen-bond donors (Lipinski definition) is 3. The fourth-order valence-corrected chi connectivity index (χ4v) is 2.77. The second-order valence-corrected chi connectivity index (χ2v) is 5.68. The molecular formula is C9H15N7O2S. The third-order valence-corrected chi connectivity index (χ3v) is 3.93. The molecule has 0 fully saturated rings. The van der Waals surface area contributed by atoms with Crippen molar-refractivity contribution in [2.45, 2.75) is 25.0 Å². The Morgan fingerprint density at radius 3 is 2.84 bits per heavy atom. The predicted molar refractivity (Wildman–Crippen MR) is 66.2 cm³/mol. The maximum Gasteiger partial charge on any atom is 0.260 e. The third-order valence-electron chi connectivity index (χ3n) is 2.56. The monoisotopic (exact) mass is 285 g/mol. The first-order chi connectivity index (χ1) is 8.94. The molecule has 2 rings (SSSR count). The van der Waals surface area contributed by atoms with Gasteiger partial charge in [0, 0.05) is 24.8 Å². The van der Waals surface area contributed by atoms with Crippen LogP contribution in [0.3, 0.4) is 0 Å². The van der Waals surface area contributed by atoms with Crippen LogP contribution in [-0.2, 0) is 30.2 Å². The van der Waals surface area contributed by atoms with Crippen LogP contribution >= 0.6 is 0 Å². The van der Waals surface area contributed by atoms with Gasteiger partial charge in [0.05, 0.1) is 6.54 Å². The number of aryl methyl sites for hydroxylation is 2. The number of nitrogens with one attached hydrogen (secondary N) is 2. The number of H-pyrrole nitrogens is 1. The summed E-state index contributed by atoms with van der Waals surface area (Å²) in [5, 5.41) is 10.3. The molecule has 2 aromatic rings. The molecule has 0 aliphatic carbocycles. The zero-order valence-corrected chi connectivity index (χ0v) is 11.4. The predicted octanol–water partition coefficient (Wildman–Crippen LogP) is -1.22. The van der Waals surface area contributed by atoms with Gasteiger partial charge >= 0.3 is 0 Å². The fourth-order valence-electron chi connectivity index (χ4n) is 1.59. The highest BCUT2D eigenvalue weighted by molar-refractivity contribution is 7.89. The lowest BCUT2D eigenvalue weighted by molar-refractivity contribution is 0.573. The van der Waals surface area contributed by atoms with Crippen LogP contribution in [0.5, 0.6) is 0 Å². The molecule has 10 heteroatoms. The molecule has 0 aliphatic rings. The quantitative estimate of drug-likeness (QED) is 0.631. The summed E-state index contributed by atoms with van der Waals surface area (Å²) in [4.78, 5) is 3.93. The lowest BCUT2D eigenvalue weighted by Gasteiger charge is -2.04. The summed E-state index contributed by atoms with van der Waals surface area (Å²) in [6.07, 6.45) is 1.49. The molecule has 0 saturated heterocycles. The van der Waals surface area contributed by atoms with E-state index < -0.39 is 10.0 Å². The first kappa shape index (κ1) is 13.6. The third kappa shape index (κ3) is 2.80. The van der Waals surface area contributed by atoms with Gasteiger partial charge in [0.15, 0.2) is 10.9 Å². The van der Waals surface area contributed by atoms with Crippen molar-refractivity contribution in [3.8, 4) is 0 Å². The molecule has 0 spiro atoms. The first-order valence-corrected chi connectivity index (χ1v) is 7.00. The molecule has 9 nitrogen and oxygen atoms in total. The van der Waals surface area contributed by atoms with Crippen LogP contribution in [0, 0.1) is 6.92 Å². The molecule has 0 aromatic carbocycles. The van der Waals surface area contributed by atoms with Crippen molar-refractivity contribution in [2.24, 2.45) is 12.8 Å². The minimum atomic E-state index is -3.73. The second-order valence-electron chi connectivity index (χ2n) is 4.00. The normalized spacial score (nSPS) is 11.9. The Morgan fingerprint density at radius 1 is 1.53 bits per heavy atom. The van der Waals surface area contributed by atoms with Crippen LogP contribution in [0.2, 0.25) is 0 Å². The molecule has 104 valence electrons. The average molecular weight is 285 g/mol. The first-order valence-electron chi connectivity index (χ1n) is 5.52. The number of nitrogens with zero attached hydrogens (tertiary/aromatic N) is 4. The summed E-state index contributed by atoms with van der Waals surface area (Å²) < 4.78 is 28.1. The lowest BCUT2D eigenvalue weighted by atomic mass is 10.3. The highest BCUT2D eigenvalue weighted by atomic mass is 32.2. The van der Waals surface area contributed by atoms with Crippen LogP contribution in [0.25, 0.3) is 0 Å². The Bertz CT molecular complexity index is 673. The van der Waals surface area contributed by atoms with Gasteiger partial charge in [0.1, 0.15) is 6.33 Å². The van der Waals surface area contributed by atoms with Crippen molar-refractivity contribution in [3.63, 3.8) is 0 Å². The van der Waals surface area contributed by atoms with Gasteiger partial charge in [-0.3, -0.25) is 9.78 Å². The summed E-state index contributed by atoms with van der Waals surface area (Å²) >= 11 is 0. The maximum absolute atomic E-state index is 12.1. The number of sulfonamides is 1. The zero-order valence-electron chi connectivity index (χ0n) is 10.6. The van der Waals surface area contributed by atoms with E-state index in [4.69, 9.17) is 5.73 Å². The van der Waals surface area contributed by atoms with Crippen molar-refractivity contribution in [1.29, 1.82) is 0 Å². The maximum atomic E-state index is 12.1. The smallest absolute Gasteiger partial charge is 0.260 e. The standard InChI is InChI=1S/C9H15N7O2S/c1-6-7(3-10)9(14-13-6)19(17,18)12-4-8-11-5-16(2)15-8/h5,12H,3-4,10H2,1-2H3,(H,13,14). The van der Waals surface area contributed by atoms with Gasteiger partial charge in [-0.1, -0.05) is 0 Å². The number of nitrogens with two attached hydrogens (primary N) is 1. The van der Waals surface area contributed by atoms with E-state index in [9.17, 15) is 8.42 Å². The van der Waals surface area contributed by atoms with Gasteiger partial charge in [-0.05, 0) is 6.92 Å². The number of aromatic nitrogens is 5. The number of rotatable bonds is 5. The van der Waals surface area contributed by atoms with Gasteiger partial charge in [-0.2, -0.15) is 10.2 Å². The van der Waals surface area contributed by atoms with E-state index in [0.717, 1.165) is 0 Å². The average Bonchev–Trinajstić information content (AvgIpc) is 2.93. The highest BCUT2D eigenvalue weighted by Crippen LogP contribution is 2.15. The zero-order chi connectivity index (χ0) is 14.0. The van der Waals surface area contributed by atoms with E-state index in [2.05, 4.69) is 25.0 Å². The summed E-state index contributed by atoms with van der Waals surface area (Å²) in [6, 6.07) is 0. The molecule has 4 N–H and O–H groups in total. The van der Waals surface area contributed by atoms with E-state index >= 15 is 0 Å². The minimum Gasteiger partial charge on any atom is -0.326 e. The van der Waals surface area contributed by atoms with E-state index in [1.54, 1.807) is 14.0 Å². The molecule has 2 heterocycles. The molecule has 2 aromatic heterocycles. The van der Waals surface area contributed by atoms with Crippen LogP contribution in [0.15, 0.2) is 11.4 Å². The molecule has 19 heavy (non-hydrogen) atoms. The van der Waals surface area contributed by atoms with Crippen LogP contribution in [0.4, 0.5) is 0 Å². The van der Waals surface area contributed by atoms with Crippen LogP contribution in [0.1, 0.15) is 17.1 Å². The van der Waals surface area contributed by atoms with Crippen molar-refractivity contribution < 1.29 is 8.42 Å². The van der Waals surface area contributed by atoms with Crippen molar-refractivity contribution in [1.82, 2.24) is 29.7 Å². The highest BCUT2D eigenvalue weighted by Gasteiger charge is 2.23. The molecular weight excluding hydrogens is 270 g/mol. The SMILES string of the molecule is Cc1[nH]nc(S(=O)(=O)NCc2ncn(C)n2)c1CN. The van der Waals surface area contributed by atoms with E-state index in [1.807, 2.05) is 0 Å². The molecule has 0 unspecified atom stereocenters. The van der Waals surface area contributed by atoms with E-state index in [0.29, 0.717) is 17.1 Å². The molecule has 0 aliphatic heterocycles. The largest absolute Gasteiger partial charge is 0.326 e. The van der Waals surface area contributed by atoms with Gasteiger partial charge in [0.2, 0.25) is 0 Å². The summed E-state index contributed by atoms with van der Waals surface area (Å²) in [7, 11) is -2.03. The molecule has 0 atom stereocenters. The van der Waals surface area contributed by atoms with Gasteiger partial charge in [0.25, 0.3) is 10.0 Å². The van der Waals surface area contributed by atoms with Crippen LogP contribution < -0.4 is 10.5 Å². The summed E-state index contributed by atoms with van der Waals surface area (Å²) in [6.45, 7) is 1.81. The van der Waals surface area contributed by atoms with Crippen molar-refractivity contribution in [3.05, 3.63) is 23.4 Å². The van der Waals surface area contributed by atoms with E-state index in [1.165, 1.54) is 11.0 Å². The second kappa shape index (κ2) is 5.07. The van der Waals surface area contributed by atoms with Gasteiger partial charge in [-0.25, -0.2) is 18.1 Å². The summed E-state index contributed by atoms with van der Waals surface area (Å²) in [5.41, 5.74) is 6.63. The topological polar surface area (TPSA) is 132 Å². The molecule has 0 amide bonds. The Hall–Kier alpha value is -1.78. The number of hydrogen-bond acceptors (Lipinski definition) is 6. The van der Waals surface area contributed by atoms with Crippen molar-refractivity contribution >= 4 is 10.0 Å². The van der Waals surface area contributed by atoms with Gasteiger partial charge < -0.3 is 5.73 Å². The fraction of sp³-hybridized carbons (Fsp3) is 0.444.